The van der Waals surface area contributed by atoms with Crippen LogP contribution in [0.3, 0.4) is 0 Å². The van der Waals surface area contributed by atoms with Crippen LogP contribution in [0.2, 0.25) is 0 Å². The van der Waals surface area contributed by atoms with Crippen LogP contribution < -0.4 is 0 Å². The highest BCUT2D eigenvalue weighted by Crippen LogP contribution is 2.34. The summed E-state index contributed by atoms with van der Waals surface area (Å²) in [5.74, 6) is 1.18. The summed E-state index contributed by atoms with van der Waals surface area (Å²) in [6, 6.07) is 4.46. The third kappa shape index (κ3) is 1.92. The first kappa shape index (κ1) is 11.1. The van der Waals surface area contributed by atoms with Crippen LogP contribution in [0.4, 0.5) is 0 Å². The first-order valence-corrected chi connectivity index (χ1v) is 6.10. The molecule has 0 spiro atoms. The van der Waals surface area contributed by atoms with Gasteiger partial charge in [0.2, 0.25) is 0 Å². The molecule has 3 rings (SSSR count). The van der Waals surface area contributed by atoms with Crippen LogP contribution in [-0.4, -0.2) is 20.4 Å². The molecule has 0 radical (unpaired) electrons. The van der Waals surface area contributed by atoms with E-state index >= 15 is 0 Å². The monoisotopic (exact) mass is 246 g/mol. The summed E-state index contributed by atoms with van der Waals surface area (Å²) in [5.41, 5.74) is 0.613. The lowest BCUT2D eigenvalue weighted by Crippen LogP contribution is -1.94. The topological polar surface area (TPSA) is 79.4 Å². The lowest BCUT2D eigenvalue weighted by Gasteiger charge is -2.00. The van der Waals surface area contributed by atoms with E-state index in [1.54, 1.807) is 6.07 Å². The molecule has 1 heterocycles. The second kappa shape index (κ2) is 4.33. The molecule has 18 heavy (non-hydrogen) atoms. The normalized spacial score (nSPS) is 16.2. The van der Waals surface area contributed by atoms with Crippen molar-refractivity contribution in [2.75, 3.05) is 0 Å². The van der Waals surface area contributed by atoms with E-state index in [1.165, 1.54) is 25.0 Å². The van der Waals surface area contributed by atoms with Crippen LogP contribution in [0.1, 0.15) is 37.4 Å². The molecule has 1 fully saturated rings. The van der Waals surface area contributed by atoms with Crippen molar-refractivity contribution in [1.82, 2.24) is 10.1 Å². The molecule has 5 nitrogen and oxygen atoms in total. The Labute approximate surface area is 104 Å². The van der Waals surface area contributed by atoms with Gasteiger partial charge < -0.3 is 14.7 Å². The molecule has 94 valence electrons. The second-order valence-corrected chi connectivity index (χ2v) is 4.64. The number of phenols is 2. The van der Waals surface area contributed by atoms with Gasteiger partial charge in [0.25, 0.3) is 5.89 Å². The zero-order valence-electron chi connectivity index (χ0n) is 9.83. The van der Waals surface area contributed by atoms with Crippen molar-refractivity contribution in [2.24, 2.45) is 0 Å². The van der Waals surface area contributed by atoms with E-state index in [4.69, 9.17) is 4.52 Å². The Hall–Kier alpha value is -2.04. The maximum atomic E-state index is 9.44. The SMILES string of the molecule is Oc1ccc(-c2nc(C3CCCC3)no2)cc1O. The summed E-state index contributed by atoms with van der Waals surface area (Å²) in [6.07, 6.45) is 4.66. The number of phenolic OH excluding ortho intramolecular Hbond substituents is 2. The van der Waals surface area contributed by atoms with Gasteiger partial charge in [0.05, 0.1) is 0 Å². The molecular weight excluding hydrogens is 232 g/mol. The Morgan fingerprint density at radius 3 is 2.61 bits per heavy atom. The summed E-state index contributed by atoms with van der Waals surface area (Å²) in [4.78, 5) is 4.36. The number of aromatic hydroxyl groups is 2. The number of rotatable bonds is 2. The Morgan fingerprint density at radius 1 is 1.11 bits per heavy atom. The van der Waals surface area contributed by atoms with Crippen LogP contribution in [0.15, 0.2) is 22.7 Å². The van der Waals surface area contributed by atoms with Crippen molar-refractivity contribution >= 4 is 0 Å². The summed E-state index contributed by atoms with van der Waals surface area (Å²) in [5, 5.41) is 22.7. The van der Waals surface area contributed by atoms with Crippen molar-refractivity contribution in [3.63, 3.8) is 0 Å². The Balaban J connectivity index is 1.89. The first-order chi connectivity index (χ1) is 8.74. The molecule has 0 aliphatic heterocycles. The van der Waals surface area contributed by atoms with E-state index in [2.05, 4.69) is 10.1 Å². The third-order valence-corrected chi connectivity index (χ3v) is 3.38. The van der Waals surface area contributed by atoms with Crippen LogP contribution in [-0.2, 0) is 0 Å². The number of hydrogen-bond donors (Lipinski definition) is 2. The van der Waals surface area contributed by atoms with Crippen LogP contribution >= 0.6 is 0 Å². The Kier molecular flexibility index (Phi) is 2.66. The van der Waals surface area contributed by atoms with Crippen molar-refractivity contribution < 1.29 is 14.7 Å². The molecule has 2 N–H and O–H groups in total. The minimum atomic E-state index is -0.187. The first-order valence-electron chi connectivity index (χ1n) is 6.10. The maximum absolute atomic E-state index is 9.44. The van der Waals surface area contributed by atoms with Crippen LogP contribution in [0.25, 0.3) is 11.5 Å². The summed E-state index contributed by atoms with van der Waals surface area (Å²) >= 11 is 0. The van der Waals surface area contributed by atoms with Crippen LogP contribution in [0.5, 0.6) is 11.5 Å². The van der Waals surface area contributed by atoms with E-state index in [9.17, 15) is 10.2 Å². The zero-order valence-corrected chi connectivity index (χ0v) is 9.83. The average Bonchev–Trinajstić information content (AvgIpc) is 3.01. The van der Waals surface area contributed by atoms with Gasteiger partial charge in [-0.1, -0.05) is 18.0 Å². The van der Waals surface area contributed by atoms with Gasteiger partial charge in [-0.05, 0) is 31.0 Å². The fourth-order valence-electron chi connectivity index (χ4n) is 2.36. The summed E-state index contributed by atoms with van der Waals surface area (Å²) in [6.45, 7) is 0. The molecule has 0 amide bonds. The van der Waals surface area contributed by atoms with Crippen molar-refractivity contribution in [3.8, 4) is 23.0 Å². The molecule has 1 aliphatic carbocycles. The van der Waals surface area contributed by atoms with Gasteiger partial charge in [0.1, 0.15) is 0 Å². The maximum Gasteiger partial charge on any atom is 0.258 e. The molecule has 0 unspecified atom stereocenters. The molecule has 0 atom stereocenters. The number of hydrogen-bond acceptors (Lipinski definition) is 5. The minimum absolute atomic E-state index is 0.158. The summed E-state index contributed by atoms with van der Waals surface area (Å²) < 4.78 is 5.20. The van der Waals surface area contributed by atoms with E-state index in [-0.39, 0.29) is 11.5 Å². The smallest absolute Gasteiger partial charge is 0.258 e. The second-order valence-electron chi connectivity index (χ2n) is 4.64. The molecule has 1 aliphatic rings. The zero-order chi connectivity index (χ0) is 12.5. The molecule has 1 aromatic carbocycles. The van der Waals surface area contributed by atoms with E-state index < -0.39 is 0 Å². The molecule has 1 aromatic heterocycles. The molecular formula is C13H14N2O3. The van der Waals surface area contributed by atoms with E-state index in [0.29, 0.717) is 17.4 Å². The summed E-state index contributed by atoms with van der Waals surface area (Å²) in [7, 11) is 0. The standard InChI is InChI=1S/C13H14N2O3/c16-10-6-5-9(7-11(10)17)13-14-12(15-18-13)8-3-1-2-4-8/h5-8,16-17H,1-4H2. The highest BCUT2D eigenvalue weighted by atomic mass is 16.5. The lowest BCUT2D eigenvalue weighted by atomic mass is 10.1. The van der Waals surface area contributed by atoms with E-state index in [0.717, 1.165) is 18.7 Å². The largest absolute Gasteiger partial charge is 0.504 e. The van der Waals surface area contributed by atoms with Gasteiger partial charge in [-0.3, -0.25) is 0 Å². The van der Waals surface area contributed by atoms with Gasteiger partial charge >= 0.3 is 0 Å². The Morgan fingerprint density at radius 2 is 1.89 bits per heavy atom. The number of aromatic nitrogens is 2. The van der Waals surface area contributed by atoms with Gasteiger partial charge in [-0.25, -0.2) is 0 Å². The third-order valence-electron chi connectivity index (χ3n) is 3.38. The molecule has 5 heteroatoms. The average molecular weight is 246 g/mol. The van der Waals surface area contributed by atoms with E-state index in [1.807, 2.05) is 0 Å². The molecule has 2 aromatic rings. The fourth-order valence-corrected chi connectivity index (χ4v) is 2.36. The van der Waals surface area contributed by atoms with Gasteiger partial charge in [0.15, 0.2) is 17.3 Å². The highest BCUT2D eigenvalue weighted by Gasteiger charge is 2.22. The van der Waals surface area contributed by atoms with Gasteiger partial charge in [-0.2, -0.15) is 4.98 Å². The van der Waals surface area contributed by atoms with Crippen molar-refractivity contribution in [2.45, 2.75) is 31.6 Å². The molecule has 0 bridgehead atoms. The highest BCUT2D eigenvalue weighted by molar-refractivity contribution is 5.58. The quantitative estimate of drug-likeness (QED) is 0.796. The predicted octanol–water partition coefficient (Wildman–Crippen LogP) is 2.81. The number of nitrogens with zero attached hydrogens (tertiary/aromatic N) is 2. The Bertz CT molecular complexity index is 559. The predicted molar refractivity (Wildman–Crippen MR) is 64.3 cm³/mol. The van der Waals surface area contributed by atoms with Gasteiger partial charge in [0, 0.05) is 11.5 Å². The lowest BCUT2D eigenvalue weighted by molar-refractivity contribution is 0.401. The van der Waals surface area contributed by atoms with Crippen LogP contribution in [0, 0.1) is 0 Å². The number of benzene rings is 1. The van der Waals surface area contributed by atoms with Gasteiger partial charge in [-0.15, -0.1) is 0 Å². The van der Waals surface area contributed by atoms with Crippen molar-refractivity contribution in [3.05, 3.63) is 24.0 Å². The minimum Gasteiger partial charge on any atom is -0.504 e. The van der Waals surface area contributed by atoms with Crippen molar-refractivity contribution in [1.29, 1.82) is 0 Å². The molecule has 0 saturated heterocycles. The molecule has 1 saturated carbocycles. The fraction of sp³-hybridized carbons (Fsp3) is 0.385.